The first-order valence-corrected chi connectivity index (χ1v) is 8.35. The minimum Gasteiger partial charge on any atom is -0.393 e. The first kappa shape index (κ1) is 14.4. The smallest absolute Gasteiger partial charge is 0.121 e. The summed E-state index contributed by atoms with van der Waals surface area (Å²) in [4.78, 5) is 0. The summed E-state index contributed by atoms with van der Waals surface area (Å²) in [5, 5.41) is 10.1. The molecule has 0 bridgehead atoms. The Morgan fingerprint density at radius 2 is 1.95 bits per heavy atom. The molecule has 0 amide bonds. The molecule has 4 rings (SSSR count). The van der Waals surface area contributed by atoms with Gasteiger partial charge in [0.1, 0.15) is 5.60 Å². The Kier molecular flexibility index (Phi) is 3.54. The van der Waals surface area contributed by atoms with Crippen LogP contribution in [0.2, 0.25) is 0 Å². The minimum absolute atomic E-state index is 0.00738. The molecule has 0 aromatic carbocycles. The quantitative estimate of drug-likeness (QED) is 0.793. The molecule has 4 aliphatic rings. The Bertz CT molecular complexity index is 402. The molecular weight excluding hydrogens is 272 g/mol. The van der Waals surface area contributed by atoms with E-state index in [2.05, 4.69) is 6.92 Å². The molecule has 0 unspecified atom stereocenters. The van der Waals surface area contributed by atoms with Crippen molar-refractivity contribution in [3.8, 4) is 0 Å². The number of hydrogen-bond donors (Lipinski definition) is 1. The number of ether oxygens (including phenoxy) is 4. The second-order valence-corrected chi connectivity index (χ2v) is 7.26. The highest BCUT2D eigenvalue weighted by Gasteiger charge is 2.60. The van der Waals surface area contributed by atoms with E-state index in [0.717, 1.165) is 51.7 Å². The lowest BCUT2D eigenvalue weighted by molar-refractivity contribution is -0.340. The van der Waals surface area contributed by atoms with E-state index in [1.165, 1.54) is 0 Å². The Labute approximate surface area is 125 Å². The maximum Gasteiger partial charge on any atom is 0.121 e. The average molecular weight is 298 g/mol. The Hall–Kier alpha value is -0.200. The third-order valence-electron chi connectivity index (χ3n) is 5.77. The van der Waals surface area contributed by atoms with Gasteiger partial charge in [0.2, 0.25) is 0 Å². The number of aliphatic hydroxyl groups is 1. The first-order valence-electron chi connectivity index (χ1n) is 8.35. The Morgan fingerprint density at radius 1 is 1.10 bits per heavy atom. The van der Waals surface area contributed by atoms with Crippen LogP contribution in [0.25, 0.3) is 0 Å². The summed E-state index contributed by atoms with van der Waals surface area (Å²) in [6, 6.07) is 0. The molecule has 1 N–H and O–H groups in total. The van der Waals surface area contributed by atoms with Crippen LogP contribution in [0.3, 0.4) is 0 Å². The third-order valence-corrected chi connectivity index (χ3v) is 5.77. The van der Waals surface area contributed by atoms with Gasteiger partial charge in [-0.3, -0.25) is 0 Å². The molecule has 0 spiro atoms. The van der Waals surface area contributed by atoms with Crippen molar-refractivity contribution in [3.05, 3.63) is 0 Å². The SMILES string of the molecule is C[C@@]12C[C@@]3(CO)O[C@@H]4CCCO[C@H]4C[C@H]3O[C@H]1CCCO2. The van der Waals surface area contributed by atoms with Crippen molar-refractivity contribution >= 4 is 0 Å². The molecule has 21 heavy (non-hydrogen) atoms. The topological polar surface area (TPSA) is 57.2 Å². The zero-order valence-electron chi connectivity index (χ0n) is 12.8. The van der Waals surface area contributed by atoms with E-state index in [9.17, 15) is 5.11 Å². The van der Waals surface area contributed by atoms with Gasteiger partial charge in [0, 0.05) is 26.1 Å². The van der Waals surface area contributed by atoms with E-state index in [-0.39, 0.29) is 36.6 Å². The van der Waals surface area contributed by atoms with Crippen LogP contribution in [0.4, 0.5) is 0 Å². The van der Waals surface area contributed by atoms with Crippen molar-refractivity contribution in [1.82, 2.24) is 0 Å². The summed E-state index contributed by atoms with van der Waals surface area (Å²) < 4.78 is 24.6. The van der Waals surface area contributed by atoms with Crippen molar-refractivity contribution in [2.24, 2.45) is 0 Å². The largest absolute Gasteiger partial charge is 0.393 e. The van der Waals surface area contributed by atoms with Gasteiger partial charge in [-0.2, -0.15) is 0 Å². The highest BCUT2D eigenvalue weighted by molar-refractivity contribution is 5.09. The van der Waals surface area contributed by atoms with Crippen LogP contribution >= 0.6 is 0 Å². The zero-order chi connectivity index (χ0) is 14.5. The lowest BCUT2D eigenvalue weighted by Gasteiger charge is -2.59. The molecule has 0 aromatic heterocycles. The molecule has 0 aliphatic carbocycles. The number of fused-ring (bicyclic) bond motifs is 3. The fourth-order valence-corrected chi connectivity index (χ4v) is 4.64. The highest BCUT2D eigenvalue weighted by atomic mass is 16.6. The molecule has 5 nitrogen and oxygen atoms in total. The van der Waals surface area contributed by atoms with E-state index in [0.29, 0.717) is 0 Å². The van der Waals surface area contributed by atoms with Crippen molar-refractivity contribution < 1.29 is 24.1 Å². The van der Waals surface area contributed by atoms with Crippen LogP contribution < -0.4 is 0 Å². The van der Waals surface area contributed by atoms with E-state index in [1.807, 2.05) is 0 Å². The van der Waals surface area contributed by atoms with Crippen LogP contribution in [0.1, 0.15) is 45.4 Å². The second kappa shape index (κ2) is 5.17. The number of hydrogen-bond acceptors (Lipinski definition) is 5. The summed E-state index contributed by atoms with van der Waals surface area (Å²) in [6.07, 6.45) is 5.91. The summed E-state index contributed by atoms with van der Waals surface area (Å²) in [5.41, 5.74) is -0.954. The zero-order valence-corrected chi connectivity index (χ0v) is 12.8. The lowest BCUT2D eigenvalue weighted by atomic mass is 9.72. The van der Waals surface area contributed by atoms with Crippen molar-refractivity contribution in [2.45, 2.75) is 81.1 Å². The van der Waals surface area contributed by atoms with Crippen molar-refractivity contribution in [3.63, 3.8) is 0 Å². The molecule has 4 aliphatic heterocycles. The maximum absolute atomic E-state index is 10.1. The standard InChI is InChI=1S/C16H26O5/c1-15-9-16(10-17)14(20-13(15)5-3-7-19-15)8-12-11(21-16)4-2-6-18-12/h11-14,17H,2-10H2,1H3/t11-,12+,13+,14-,15-,16+/m1/s1. The lowest BCUT2D eigenvalue weighted by Crippen LogP contribution is -2.70. The molecule has 4 fully saturated rings. The average Bonchev–Trinajstić information content (AvgIpc) is 2.50. The van der Waals surface area contributed by atoms with Gasteiger partial charge in [-0.25, -0.2) is 0 Å². The van der Waals surface area contributed by atoms with Crippen LogP contribution in [0, 0.1) is 0 Å². The van der Waals surface area contributed by atoms with Crippen LogP contribution in [-0.4, -0.2) is 60.5 Å². The molecule has 4 heterocycles. The molecule has 5 heteroatoms. The highest BCUT2D eigenvalue weighted by Crippen LogP contribution is 2.49. The van der Waals surface area contributed by atoms with Gasteiger partial charge >= 0.3 is 0 Å². The van der Waals surface area contributed by atoms with Gasteiger partial charge in [-0.15, -0.1) is 0 Å². The van der Waals surface area contributed by atoms with E-state index in [4.69, 9.17) is 18.9 Å². The van der Waals surface area contributed by atoms with Gasteiger partial charge in [-0.1, -0.05) is 0 Å². The van der Waals surface area contributed by atoms with Gasteiger partial charge in [0.25, 0.3) is 0 Å². The Morgan fingerprint density at radius 3 is 2.81 bits per heavy atom. The van der Waals surface area contributed by atoms with E-state index < -0.39 is 5.60 Å². The summed E-state index contributed by atoms with van der Waals surface area (Å²) in [7, 11) is 0. The summed E-state index contributed by atoms with van der Waals surface area (Å²) in [6.45, 7) is 3.69. The van der Waals surface area contributed by atoms with Crippen molar-refractivity contribution in [2.75, 3.05) is 19.8 Å². The van der Waals surface area contributed by atoms with Gasteiger partial charge in [0.05, 0.1) is 36.6 Å². The fraction of sp³-hybridized carbons (Fsp3) is 1.00. The molecule has 4 saturated heterocycles. The monoisotopic (exact) mass is 298 g/mol. The van der Waals surface area contributed by atoms with E-state index in [1.54, 1.807) is 0 Å². The normalized spacial score (nSPS) is 53.4. The second-order valence-electron chi connectivity index (χ2n) is 7.26. The predicted molar refractivity (Wildman–Crippen MR) is 75.1 cm³/mol. The molecule has 6 atom stereocenters. The molecule has 120 valence electrons. The van der Waals surface area contributed by atoms with E-state index >= 15 is 0 Å². The first-order chi connectivity index (χ1) is 10.2. The summed E-state index contributed by atoms with van der Waals surface area (Å²) >= 11 is 0. The third kappa shape index (κ3) is 2.25. The minimum atomic E-state index is -0.621. The number of aliphatic hydroxyl groups excluding tert-OH is 1. The fourth-order valence-electron chi connectivity index (χ4n) is 4.64. The van der Waals surface area contributed by atoms with Crippen LogP contribution in [0.15, 0.2) is 0 Å². The van der Waals surface area contributed by atoms with Gasteiger partial charge in [-0.05, 0) is 32.6 Å². The maximum atomic E-state index is 10.1. The number of rotatable bonds is 1. The predicted octanol–water partition coefficient (Wildman–Crippen LogP) is 1.41. The molecule has 0 saturated carbocycles. The van der Waals surface area contributed by atoms with Gasteiger partial charge < -0.3 is 24.1 Å². The molecular formula is C16H26O5. The molecule has 0 aromatic rings. The van der Waals surface area contributed by atoms with Crippen molar-refractivity contribution in [1.29, 1.82) is 0 Å². The molecule has 0 radical (unpaired) electrons. The summed E-state index contributed by atoms with van der Waals surface area (Å²) in [5.74, 6) is 0. The van der Waals surface area contributed by atoms with Gasteiger partial charge in [0.15, 0.2) is 0 Å². The van der Waals surface area contributed by atoms with Crippen LogP contribution in [0.5, 0.6) is 0 Å². The Balaban J connectivity index is 1.61. The van der Waals surface area contributed by atoms with Crippen LogP contribution in [-0.2, 0) is 18.9 Å².